The summed E-state index contributed by atoms with van der Waals surface area (Å²) in [4.78, 5) is 24.9. The van der Waals surface area contributed by atoms with E-state index in [9.17, 15) is 9.90 Å². The summed E-state index contributed by atoms with van der Waals surface area (Å²) in [6.07, 6.45) is 2.73. The Labute approximate surface area is 178 Å². The van der Waals surface area contributed by atoms with Crippen LogP contribution in [-0.4, -0.2) is 57.6 Å². The van der Waals surface area contributed by atoms with Crippen LogP contribution in [0.1, 0.15) is 47.4 Å². The molecular weight excluding hydrogens is 376 g/mol. The number of aliphatic hydroxyl groups is 1. The lowest BCUT2D eigenvalue weighted by molar-refractivity contribution is -0.0137. The molecule has 2 aliphatic heterocycles. The molecular formula is C24H28N4O2. The molecule has 1 aromatic carbocycles. The molecule has 0 bridgehead atoms. The first kappa shape index (κ1) is 20.5. The average Bonchev–Trinajstić information content (AvgIpc) is 2.78. The molecule has 0 radical (unpaired) electrons. The first-order valence-electron chi connectivity index (χ1n) is 10.5. The third kappa shape index (κ3) is 3.96. The van der Waals surface area contributed by atoms with Crippen LogP contribution in [0.25, 0.3) is 4.85 Å². The second-order valence-electron chi connectivity index (χ2n) is 8.77. The van der Waals surface area contributed by atoms with Crippen molar-refractivity contribution in [1.29, 1.82) is 0 Å². The maximum Gasteiger partial charge on any atom is 0.268 e. The zero-order valence-corrected chi connectivity index (χ0v) is 17.6. The minimum atomic E-state index is -0.705. The number of carbonyl (C=O) groups excluding carboxylic acids is 1. The van der Waals surface area contributed by atoms with E-state index in [2.05, 4.69) is 39.0 Å². The van der Waals surface area contributed by atoms with Crippen LogP contribution in [0.4, 0.5) is 0 Å². The van der Waals surface area contributed by atoms with Crippen molar-refractivity contribution in [2.75, 3.05) is 19.6 Å². The van der Waals surface area contributed by atoms with Gasteiger partial charge in [0.25, 0.3) is 11.4 Å². The number of pyridine rings is 1. The molecule has 2 aromatic rings. The van der Waals surface area contributed by atoms with Crippen molar-refractivity contribution < 1.29 is 9.90 Å². The molecule has 156 valence electrons. The smallest absolute Gasteiger partial charge is 0.268 e. The lowest BCUT2D eigenvalue weighted by Gasteiger charge is -2.43. The van der Waals surface area contributed by atoms with Gasteiger partial charge in [-0.1, -0.05) is 24.3 Å². The number of piperidine rings is 1. The van der Waals surface area contributed by atoms with E-state index >= 15 is 0 Å². The Balaban J connectivity index is 1.40. The lowest BCUT2D eigenvalue weighted by atomic mass is 9.94. The molecule has 0 spiro atoms. The van der Waals surface area contributed by atoms with Crippen molar-refractivity contribution >= 4 is 5.91 Å². The number of carbonyl (C=O) groups is 1. The summed E-state index contributed by atoms with van der Waals surface area (Å²) < 4.78 is 0. The SMILES string of the molecule is [C-]#[N+]C(C)(C)c1ccc(C(=O)N2CC[C@H](N3CCc4ccccc4C3)[C@@H](O)C2)cn1. The van der Waals surface area contributed by atoms with Gasteiger partial charge in [-0.05, 0) is 36.1 Å². The maximum atomic E-state index is 12.9. The molecule has 4 rings (SSSR count). The molecule has 2 aliphatic rings. The number of aromatic nitrogens is 1. The Morgan fingerprint density at radius 1 is 1.20 bits per heavy atom. The quantitative estimate of drug-likeness (QED) is 0.799. The van der Waals surface area contributed by atoms with Crippen molar-refractivity contribution in [1.82, 2.24) is 14.8 Å². The van der Waals surface area contributed by atoms with Crippen LogP contribution in [0.3, 0.4) is 0 Å². The number of fused-ring (bicyclic) bond motifs is 1. The Morgan fingerprint density at radius 3 is 2.63 bits per heavy atom. The van der Waals surface area contributed by atoms with Crippen LogP contribution in [0.15, 0.2) is 42.6 Å². The highest BCUT2D eigenvalue weighted by Crippen LogP contribution is 2.26. The van der Waals surface area contributed by atoms with E-state index in [1.165, 1.54) is 11.1 Å². The number of rotatable bonds is 3. The van der Waals surface area contributed by atoms with Crippen molar-refractivity contribution in [2.45, 2.75) is 50.9 Å². The molecule has 1 N–H and O–H groups in total. The Kier molecular flexibility index (Phi) is 5.59. The lowest BCUT2D eigenvalue weighted by Crippen LogP contribution is -2.56. The normalized spacial score (nSPS) is 22.3. The highest BCUT2D eigenvalue weighted by atomic mass is 16.3. The molecule has 0 aliphatic carbocycles. The third-order valence-electron chi connectivity index (χ3n) is 6.38. The van der Waals surface area contributed by atoms with Gasteiger partial charge in [-0.3, -0.25) is 14.7 Å². The van der Waals surface area contributed by atoms with E-state index in [0.29, 0.717) is 24.3 Å². The summed E-state index contributed by atoms with van der Waals surface area (Å²) in [6, 6.07) is 12.1. The van der Waals surface area contributed by atoms with E-state index in [-0.39, 0.29) is 11.9 Å². The van der Waals surface area contributed by atoms with E-state index in [1.54, 1.807) is 23.2 Å². The molecule has 30 heavy (non-hydrogen) atoms. The van der Waals surface area contributed by atoms with Crippen molar-refractivity contribution in [3.63, 3.8) is 0 Å². The minimum Gasteiger partial charge on any atom is -0.390 e. The second kappa shape index (κ2) is 8.17. The number of aliphatic hydroxyl groups excluding tert-OH is 1. The molecule has 1 aromatic heterocycles. The van der Waals surface area contributed by atoms with Crippen LogP contribution in [0.2, 0.25) is 0 Å². The van der Waals surface area contributed by atoms with Gasteiger partial charge in [0.15, 0.2) is 0 Å². The zero-order chi connectivity index (χ0) is 21.3. The number of hydrogen-bond donors (Lipinski definition) is 1. The summed E-state index contributed by atoms with van der Waals surface area (Å²) in [6.45, 7) is 13.6. The van der Waals surface area contributed by atoms with Crippen LogP contribution in [0, 0.1) is 6.57 Å². The van der Waals surface area contributed by atoms with Gasteiger partial charge >= 0.3 is 0 Å². The molecule has 1 amide bonds. The molecule has 0 unspecified atom stereocenters. The predicted molar refractivity (Wildman–Crippen MR) is 115 cm³/mol. The second-order valence-corrected chi connectivity index (χ2v) is 8.77. The Hall–Kier alpha value is -2.75. The molecule has 6 nitrogen and oxygen atoms in total. The first-order chi connectivity index (χ1) is 14.4. The minimum absolute atomic E-state index is 0.0716. The summed E-state index contributed by atoms with van der Waals surface area (Å²) >= 11 is 0. The van der Waals surface area contributed by atoms with Gasteiger partial charge in [0.2, 0.25) is 0 Å². The van der Waals surface area contributed by atoms with Crippen molar-refractivity contribution in [3.05, 3.63) is 76.4 Å². The Morgan fingerprint density at radius 2 is 1.97 bits per heavy atom. The van der Waals surface area contributed by atoms with Gasteiger partial charge in [-0.25, -0.2) is 6.57 Å². The van der Waals surface area contributed by atoms with Gasteiger partial charge in [0, 0.05) is 52.3 Å². The summed E-state index contributed by atoms with van der Waals surface area (Å²) in [5.41, 5.74) is 3.18. The number of nitrogens with zero attached hydrogens (tertiary/aromatic N) is 4. The van der Waals surface area contributed by atoms with Crippen molar-refractivity contribution in [3.8, 4) is 0 Å². The molecule has 2 atom stereocenters. The highest BCUT2D eigenvalue weighted by Gasteiger charge is 2.35. The van der Waals surface area contributed by atoms with Crippen LogP contribution < -0.4 is 0 Å². The number of β-amino-alcohol motifs (C(OH)–C–C–N with tert-alkyl or cyclic N) is 1. The Bertz CT molecular complexity index is 964. The average molecular weight is 405 g/mol. The fourth-order valence-electron chi connectivity index (χ4n) is 4.45. The fraction of sp³-hybridized carbons (Fsp3) is 0.458. The molecule has 6 heteroatoms. The summed E-state index contributed by atoms with van der Waals surface area (Å²) in [7, 11) is 0. The number of amides is 1. The topological polar surface area (TPSA) is 61.0 Å². The van der Waals surface area contributed by atoms with Gasteiger partial charge in [0.1, 0.15) is 5.69 Å². The van der Waals surface area contributed by atoms with E-state index in [1.807, 2.05) is 13.8 Å². The van der Waals surface area contributed by atoms with Crippen molar-refractivity contribution in [2.24, 2.45) is 0 Å². The predicted octanol–water partition coefficient (Wildman–Crippen LogP) is 2.87. The van der Waals surface area contributed by atoms with E-state index in [4.69, 9.17) is 6.57 Å². The standard InChI is InChI=1S/C24H28N4O2/c1-24(2,25-3)22-9-8-18(14-26-22)23(30)28-13-11-20(21(29)16-28)27-12-10-17-6-4-5-7-19(17)15-27/h4-9,14,20-21,29H,10-13,15-16H2,1-2H3/t20-,21-/m0/s1. The van der Waals surface area contributed by atoms with Crippen LogP contribution in [0.5, 0.6) is 0 Å². The van der Waals surface area contributed by atoms with E-state index < -0.39 is 11.6 Å². The first-order valence-corrected chi connectivity index (χ1v) is 10.5. The van der Waals surface area contributed by atoms with Crippen LogP contribution >= 0.6 is 0 Å². The zero-order valence-electron chi connectivity index (χ0n) is 17.6. The summed E-state index contributed by atoms with van der Waals surface area (Å²) in [5, 5.41) is 10.8. The van der Waals surface area contributed by atoms with E-state index in [0.717, 1.165) is 25.9 Å². The van der Waals surface area contributed by atoms with Gasteiger partial charge in [-0.2, -0.15) is 0 Å². The largest absolute Gasteiger partial charge is 0.390 e. The fourth-order valence-corrected chi connectivity index (χ4v) is 4.45. The van der Waals surface area contributed by atoms with Gasteiger partial charge in [0.05, 0.1) is 11.7 Å². The number of hydrogen-bond acceptors (Lipinski definition) is 4. The molecule has 1 saturated heterocycles. The molecule has 0 saturated carbocycles. The monoisotopic (exact) mass is 404 g/mol. The number of benzene rings is 1. The van der Waals surface area contributed by atoms with Crippen LogP contribution in [-0.2, 0) is 18.5 Å². The maximum absolute atomic E-state index is 12.9. The third-order valence-corrected chi connectivity index (χ3v) is 6.38. The van der Waals surface area contributed by atoms with Gasteiger partial charge < -0.3 is 14.9 Å². The van der Waals surface area contributed by atoms with Gasteiger partial charge in [-0.15, -0.1) is 0 Å². The number of likely N-dealkylation sites (tertiary alicyclic amines) is 1. The highest BCUT2D eigenvalue weighted by molar-refractivity contribution is 5.94. The molecule has 1 fully saturated rings. The summed E-state index contributed by atoms with van der Waals surface area (Å²) in [5.74, 6) is -0.115. The molecule has 3 heterocycles.